The predicted octanol–water partition coefficient (Wildman–Crippen LogP) is 13.1. The lowest BCUT2D eigenvalue weighted by molar-refractivity contribution is 0.477. The Hall–Kier alpha value is -6.95. The minimum atomic E-state index is 0.261. The fourth-order valence-electron chi connectivity index (χ4n) is 7.38. The van der Waals surface area contributed by atoms with Crippen LogP contribution in [0.5, 0.6) is 5.75 Å². The van der Waals surface area contributed by atoms with Gasteiger partial charge in [-0.15, -0.1) is 11.3 Å². The Balaban J connectivity index is 1.09. The molecule has 1 N–H and O–H groups in total. The first-order chi connectivity index (χ1) is 26.7. The molecule has 3 heterocycles. The molecule has 0 unspecified atom stereocenters. The van der Waals surface area contributed by atoms with Crippen molar-refractivity contribution in [2.45, 2.75) is 0 Å². The standard InChI is InChI=1S/C49H31N3OS/c53-44-23-10-8-19-38(44)37-18-5-4-17-36(37)31-25-27-33(28-26-31)43-30-42(32-13-2-1-3-14-32)50-49(51-43)35-16-12-15-34(29-35)46-39-20-6-7-21-40(39)48-47(52-46)41-22-9-11-24-45(41)54-48/h1-30,53H. The molecule has 0 saturated carbocycles. The molecule has 10 rings (SSSR count). The van der Waals surface area contributed by atoms with Gasteiger partial charge in [0.15, 0.2) is 5.82 Å². The van der Waals surface area contributed by atoms with E-state index >= 15 is 0 Å². The van der Waals surface area contributed by atoms with Gasteiger partial charge in [0.1, 0.15) is 5.75 Å². The van der Waals surface area contributed by atoms with Crippen LogP contribution in [0.2, 0.25) is 0 Å². The van der Waals surface area contributed by atoms with E-state index in [2.05, 4.69) is 121 Å². The summed E-state index contributed by atoms with van der Waals surface area (Å²) < 4.78 is 2.45. The number of phenolic OH excluding ortho intramolecular Hbond substituents is 1. The highest BCUT2D eigenvalue weighted by Gasteiger charge is 2.17. The number of aromatic nitrogens is 3. The molecule has 3 aromatic heterocycles. The summed E-state index contributed by atoms with van der Waals surface area (Å²) in [5.74, 6) is 0.908. The summed E-state index contributed by atoms with van der Waals surface area (Å²) in [6.07, 6.45) is 0. The molecule has 10 aromatic rings. The van der Waals surface area contributed by atoms with Gasteiger partial charge in [-0.05, 0) is 41.0 Å². The van der Waals surface area contributed by atoms with Crippen LogP contribution in [0.4, 0.5) is 0 Å². The number of para-hydroxylation sites is 1. The third kappa shape index (κ3) is 5.59. The number of pyridine rings is 1. The van der Waals surface area contributed by atoms with E-state index in [1.165, 1.54) is 20.2 Å². The Morgan fingerprint density at radius 2 is 0.963 bits per heavy atom. The Kier molecular flexibility index (Phi) is 7.78. The molecule has 0 aliphatic rings. The first-order valence-corrected chi connectivity index (χ1v) is 18.7. The van der Waals surface area contributed by atoms with Gasteiger partial charge >= 0.3 is 0 Å². The van der Waals surface area contributed by atoms with Crippen molar-refractivity contribution in [3.05, 3.63) is 182 Å². The number of fused-ring (bicyclic) bond motifs is 5. The summed E-state index contributed by atoms with van der Waals surface area (Å²) in [5.41, 5.74) is 11.5. The van der Waals surface area contributed by atoms with Crippen LogP contribution in [0, 0.1) is 0 Å². The molecule has 0 bridgehead atoms. The zero-order chi connectivity index (χ0) is 36.0. The van der Waals surface area contributed by atoms with E-state index in [-0.39, 0.29) is 5.75 Å². The highest BCUT2D eigenvalue weighted by Crippen LogP contribution is 2.41. The van der Waals surface area contributed by atoms with Gasteiger partial charge in [0.05, 0.1) is 27.3 Å². The lowest BCUT2D eigenvalue weighted by Crippen LogP contribution is -1.96. The van der Waals surface area contributed by atoms with Crippen molar-refractivity contribution < 1.29 is 5.11 Å². The number of benzene rings is 7. The van der Waals surface area contributed by atoms with E-state index in [9.17, 15) is 5.11 Å². The maximum absolute atomic E-state index is 10.7. The SMILES string of the molecule is Oc1ccccc1-c1ccccc1-c1ccc(-c2cc(-c3ccccc3)nc(-c3cccc(-c4nc5c6ccccc6sc5c5ccccc45)c3)n2)cc1. The van der Waals surface area contributed by atoms with Crippen molar-refractivity contribution in [2.24, 2.45) is 0 Å². The number of thiophene rings is 1. The van der Waals surface area contributed by atoms with Gasteiger partial charge in [-0.2, -0.15) is 0 Å². The van der Waals surface area contributed by atoms with Gasteiger partial charge in [-0.1, -0.05) is 158 Å². The van der Waals surface area contributed by atoms with Crippen molar-refractivity contribution in [3.63, 3.8) is 0 Å². The van der Waals surface area contributed by atoms with Crippen molar-refractivity contribution in [1.82, 2.24) is 15.0 Å². The van der Waals surface area contributed by atoms with Gasteiger partial charge in [-0.3, -0.25) is 0 Å². The minimum absolute atomic E-state index is 0.261. The maximum atomic E-state index is 10.7. The number of phenols is 1. The van der Waals surface area contributed by atoms with E-state index in [1.807, 2.05) is 54.6 Å². The summed E-state index contributed by atoms with van der Waals surface area (Å²) in [6, 6.07) is 62.0. The molecule has 54 heavy (non-hydrogen) atoms. The van der Waals surface area contributed by atoms with Gasteiger partial charge in [0, 0.05) is 48.7 Å². The molecule has 5 heteroatoms. The second-order valence-corrected chi connectivity index (χ2v) is 14.4. The number of hydrogen-bond acceptors (Lipinski definition) is 5. The quantitative estimate of drug-likeness (QED) is 0.187. The van der Waals surface area contributed by atoms with Gasteiger partial charge in [0.2, 0.25) is 0 Å². The maximum Gasteiger partial charge on any atom is 0.160 e. The van der Waals surface area contributed by atoms with Crippen LogP contribution < -0.4 is 0 Å². The topological polar surface area (TPSA) is 58.9 Å². The van der Waals surface area contributed by atoms with Crippen molar-refractivity contribution in [2.75, 3.05) is 0 Å². The zero-order valence-corrected chi connectivity index (χ0v) is 29.8. The summed E-state index contributed by atoms with van der Waals surface area (Å²) in [5, 5.41) is 14.2. The normalized spacial score (nSPS) is 11.4. The van der Waals surface area contributed by atoms with Crippen molar-refractivity contribution in [3.8, 4) is 73.2 Å². The van der Waals surface area contributed by atoms with Crippen molar-refractivity contribution in [1.29, 1.82) is 0 Å². The molecule has 4 nitrogen and oxygen atoms in total. The van der Waals surface area contributed by atoms with Crippen LogP contribution in [-0.2, 0) is 0 Å². The molecule has 0 saturated heterocycles. The first kappa shape index (κ1) is 31.8. The molecule has 254 valence electrons. The Morgan fingerprint density at radius 1 is 0.389 bits per heavy atom. The average molecular weight is 710 g/mol. The van der Waals surface area contributed by atoms with Crippen LogP contribution >= 0.6 is 11.3 Å². The largest absolute Gasteiger partial charge is 0.507 e. The molecule has 7 aromatic carbocycles. The molecule has 0 spiro atoms. The lowest BCUT2D eigenvalue weighted by Gasteiger charge is -2.13. The van der Waals surface area contributed by atoms with Gasteiger partial charge in [0.25, 0.3) is 0 Å². The van der Waals surface area contributed by atoms with Gasteiger partial charge in [-0.25, -0.2) is 15.0 Å². The molecule has 0 aliphatic carbocycles. The smallest absolute Gasteiger partial charge is 0.160 e. The lowest BCUT2D eigenvalue weighted by atomic mass is 9.93. The molecular formula is C49H31N3OS. The van der Waals surface area contributed by atoms with Crippen LogP contribution in [0.15, 0.2) is 182 Å². The van der Waals surface area contributed by atoms with Crippen molar-refractivity contribution >= 4 is 42.4 Å². The van der Waals surface area contributed by atoms with E-state index in [0.29, 0.717) is 5.82 Å². The Morgan fingerprint density at radius 3 is 1.74 bits per heavy atom. The van der Waals surface area contributed by atoms with E-state index in [1.54, 1.807) is 17.4 Å². The fraction of sp³-hybridized carbons (Fsp3) is 0. The molecule has 0 radical (unpaired) electrons. The predicted molar refractivity (Wildman–Crippen MR) is 225 cm³/mol. The molecule has 0 aliphatic heterocycles. The minimum Gasteiger partial charge on any atom is -0.507 e. The highest BCUT2D eigenvalue weighted by atomic mass is 32.1. The number of nitrogens with zero attached hydrogens (tertiary/aromatic N) is 3. The van der Waals surface area contributed by atoms with E-state index in [4.69, 9.17) is 15.0 Å². The Labute approximate surface area is 316 Å². The van der Waals surface area contributed by atoms with Crippen LogP contribution in [-0.4, -0.2) is 20.1 Å². The van der Waals surface area contributed by atoms with Crippen LogP contribution in [0.3, 0.4) is 0 Å². The van der Waals surface area contributed by atoms with E-state index in [0.717, 1.165) is 72.5 Å². The van der Waals surface area contributed by atoms with Crippen LogP contribution in [0.1, 0.15) is 0 Å². The monoisotopic (exact) mass is 709 g/mol. The number of rotatable bonds is 6. The molecule has 0 fully saturated rings. The molecule has 0 atom stereocenters. The second-order valence-electron chi connectivity index (χ2n) is 13.3. The number of aromatic hydroxyl groups is 1. The summed E-state index contributed by atoms with van der Waals surface area (Å²) in [7, 11) is 0. The van der Waals surface area contributed by atoms with E-state index < -0.39 is 0 Å². The van der Waals surface area contributed by atoms with Crippen LogP contribution in [0.25, 0.3) is 98.5 Å². The first-order valence-electron chi connectivity index (χ1n) is 17.9. The average Bonchev–Trinajstić information content (AvgIpc) is 3.63. The van der Waals surface area contributed by atoms with Gasteiger partial charge < -0.3 is 5.11 Å². The Bertz CT molecular complexity index is 3010. The third-order valence-corrected chi connectivity index (χ3v) is 11.2. The summed E-state index contributed by atoms with van der Waals surface area (Å²) >= 11 is 1.80. The molecule has 0 amide bonds. The number of hydrogen-bond donors (Lipinski definition) is 1. The summed E-state index contributed by atoms with van der Waals surface area (Å²) in [6.45, 7) is 0. The fourth-order valence-corrected chi connectivity index (χ4v) is 8.56. The third-order valence-electron chi connectivity index (χ3n) is 10.0. The zero-order valence-electron chi connectivity index (χ0n) is 29.0. The second kappa shape index (κ2) is 13.2. The summed E-state index contributed by atoms with van der Waals surface area (Å²) in [4.78, 5) is 15.7. The highest BCUT2D eigenvalue weighted by molar-refractivity contribution is 7.26. The molecular weight excluding hydrogens is 679 g/mol.